The average Bonchev–Trinajstić information content (AvgIpc) is 2.46. The Morgan fingerprint density at radius 3 is 3.25 bits per heavy atom. The zero-order valence-corrected chi connectivity index (χ0v) is 9.51. The van der Waals surface area contributed by atoms with E-state index < -0.39 is 0 Å². The molecule has 0 spiro atoms. The molecule has 0 aliphatic heterocycles. The van der Waals surface area contributed by atoms with Crippen molar-refractivity contribution in [3.8, 4) is 0 Å². The Labute approximate surface area is 88.1 Å². The quantitative estimate of drug-likeness (QED) is 0.803. The first-order valence-corrected chi connectivity index (χ1v) is 7.29. The molecule has 0 saturated heterocycles. The monoisotopic (exact) mass is 295 g/mol. The van der Waals surface area contributed by atoms with E-state index in [0.29, 0.717) is 0 Å². The molecule has 1 N–H and O–H groups in total. The van der Waals surface area contributed by atoms with Crippen molar-refractivity contribution in [1.29, 1.82) is 0 Å². The minimum absolute atomic E-state index is 0.130. The Bertz CT molecular complexity index is 273. The molecular formula is C8H10INOS. The maximum Gasteiger partial charge on any atom is 0.0598 e. The first kappa shape index (κ1) is 8.90. The van der Waals surface area contributed by atoms with Crippen LogP contribution in [0.15, 0.2) is 12.3 Å². The van der Waals surface area contributed by atoms with E-state index in [-0.39, 0.29) is 6.10 Å². The van der Waals surface area contributed by atoms with Crippen LogP contribution in [0.3, 0.4) is 0 Å². The molecule has 1 atom stereocenters. The van der Waals surface area contributed by atoms with E-state index in [0.717, 1.165) is 19.3 Å². The van der Waals surface area contributed by atoms with Gasteiger partial charge in [0.15, 0.2) is 0 Å². The van der Waals surface area contributed by atoms with Gasteiger partial charge >= 0.3 is 0 Å². The Morgan fingerprint density at radius 2 is 2.50 bits per heavy atom. The fourth-order valence-corrected chi connectivity index (χ4v) is 3.14. The lowest BCUT2D eigenvalue weighted by Gasteiger charge is -2.18. The fourth-order valence-electron chi connectivity index (χ4n) is 1.65. The predicted octanol–water partition coefficient (Wildman–Crippen LogP) is 2.18. The molecule has 1 unspecified atom stereocenters. The number of aliphatic hydroxyl groups excluding tert-OH is 1. The molecule has 0 bridgehead atoms. The van der Waals surface area contributed by atoms with Crippen molar-refractivity contribution in [2.45, 2.75) is 25.4 Å². The number of hydrogen-bond donors (Lipinski definition) is 1. The SMILES string of the molecule is OC1CCc2ccn(SI)c2C1. The highest BCUT2D eigenvalue weighted by Crippen LogP contribution is 2.28. The number of nitrogens with zero attached hydrogens (tertiary/aromatic N) is 1. The van der Waals surface area contributed by atoms with Gasteiger partial charge in [-0.15, -0.1) is 0 Å². The number of aliphatic hydroxyl groups is 1. The van der Waals surface area contributed by atoms with Crippen LogP contribution in [0.5, 0.6) is 0 Å². The summed E-state index contributed by atoms with van der Waals surface area (Å²) in [6.45, 7) is 0. The summed E-state index contributed by atoms with van der Waals surface area (Å²) in [5.74, 6) is 0. The van der Waals surface area contributed by atoms with Gasteiger partial charge in [-0.25, -0.2) is 0 Å². The van der Waals surface area contributed by atoms with Crippen LogP contribution in [-0.4, -0.2) is 15.2 Å². The third kappa shape index (κ3) is 1.52. The van der Waals surface area contributed by atoms with Crippen molar-refractivity contribution < 1.29 is 5.11 Å². The van der Waals surface area contributed by atoms with Crippen LogP contribution in [-0.2, 0) is 12.8 Å². The average molecular weight is 295 g/mol. The van der Waals surface area contributed by atoms with E-state index >= 15 is 0 Å². The van der Waals surface area contributed by atoms with Crippen molar-refractivity contribution in [3.05, 3.63) is 23.5 Å². The molecule has 4 heteroatoms. The standard InChI is InChI=1S/C8H10INOS/c9-12-10-4-3-6-1-2-7(11)5-8(6)10/h3-4,7,11H,1-2,5H2. The van der Waals surface area contributed by atoms with Gasteiger partial charge in [0.1, 0.15) is 0 Å². The van der Waals surface area contributed by atoms with Crippen LogP contribution in [0.1, 0.15) is 17.7 Å². The zero-order chi connectivity index (χ0) is 8.55. The molecule has 1 aromatic heterocycles. The van der Waals surface area contributed by atoms with Crippen LogP contribution >= 0.6 is 30.3 Å². The highest BCUT2D eigenvalue weighted by molar-refractivity contribution is 14.2. The number of aryl methyl sites for hydroxylation is 1. The third-order valence-corrected chi connectivity index (χ3v) is 4.06. The topological polar surface area (TPSA) is 25.2 Å². The van der Waals surface area contributed by atoms with E-state index in [4.69, 9.17) is 0 Å². The lowest BCUT2D eigenvalue weighted by Crippen LogP contribution is -2.19. The van der Waals surface area contributed by atoms with Crippen LogP contribution in [0.4, 0.5) is 0 Å². The molecule has 1 aliphatic rings. The Morgan fingerprint density at radius 1 is 1.67 bits per heavy atom. The molecule has 2 nitrogen and oxygen atoms in total. The molecular weight excluding hydrogens is 285 g/mol. The second-order valence-electron chi connectivity index (χ2n) is 3.08. The normalized spacial score (nSPS) is 22.3. The zero-order valence-electron chi connectivity index (χ0n) is 6.53. The summed E-state index contributed by atoms with van der Waals surface area (Å²) in [5.41, 5.74) is 2.71. The van der Waals surface area contributed by atoms with Crippen LogP contribution < -0.4 is 0 Å². The van der Waals surface area contributed by atoms with E-state index in [1.807, 2.05) is 0 Å². The van der Waals surface area contributed by atoms with Gasteiger partial charge in [0.05, 0.1) is 6.10 Å². The highest BCUT2D eigenvalue weighted by Gasteiger charge is 2.19. The molecule has 66 valence electrons. The van der Waals surface area contributed by atoms with E-state index in [1.165, 1.54) is 11.3 Å². The van der Waals surface area contributed by atoms with Crippen molar-refractivity contribution in [3.63, 3.8) is 0 Å². The van der Waals surface area contributed by atoms with Gasteiger partial charge in [-0.1, -0.05) is 0 Å². The molecule has 0 saturated carbocycles. The van der Waals surface area contributed by atoms with Crippen molar-refractivity contribution in [1.82, 2.24) is 3.97 Å². The summed E-state index contributed by atoms with van der Waals surface area (Å²) >= 11 is 2.26. The largest absolute Gasteiger partial charge is 0.393 e. The van der Waals surface area contributed by atoms with Gasteiger partial charge in [0, 0.05) is 48.6 Å². The summed E-state index contributed by atoms with van der Waals surface area (Å²) in [4.78, 5) is 0. The summed E-state index contributed by atoms with van der Waals surface area (Å²) in [6.07, 6.45) is 4.72. The minimum atomic E-state index is -0.130. The molecule has 1 heterocycles. The van der Waals surface area contributed by atoms with Gasteiger partial charge in [-0.05, 0) is 24.5 Å². The van der Waals surface area contributed by atoms with Crippen molar-refractivity contribution in [2.75, 3.05) is 0 Å². The Balaban J connectivity index is 2.34. The van der Waals surface area contributed by atoms with Crippen LogP contribution in [0, 0.1) is 0 Å². The van der Waals surface area contributed by atoms with Crippen molar-refractivity contribution >= 4 is 30.3 Å². The fraction of sp³-hybridized carbons (Fsp3) is 0.500. The maximum atomic E-state index is 9.47. The second-order valence-corrected chi connectivity index (χ2v) is 4.79. The van der Waals surface area contributed by atoms with E-state index in [9.17, 15) is 5.11 Å². The summed E-state index contributed by atoms with van der Waals surface area (Å²) in [7, 11) is 1.67. The van der Waals surface area contributed by atoms with Gasteiger partial charge in [0.25, 0.3) is 0 Å². The van der Waals surface area contributed by atoms with Gasteiger partial charge < -0.3 is 5.11 Å². The third-order valence-electron chi connectivity index (χ3n) is 2.30. The predicted molar refractivity (Wildman–Crippen MR) is 59.5 cm³/mol. The second kappa shape index (κ2) is 3.59. The highest BCUT2D eigenvalue weighted by atomic mass is 127. The number of rotatable bonds is 1. The molecule has 12 heavy (non-hydrogen) atoms. The van der Waals surface area contributed by atoms with Gasteiger partial charge in [-0.3, -0.25) is 3.97 Å². The lowest BCUT2D eigenvalue weighted by molar-refractivity contribution is 0.157. The lowest BCUT2D eigenvalue weighted by atomic mass is 9.96. The smallest absolute Gasteiger partial charge is 0.0598 e. The van der Waals surface area contributed by atoms with E-state index in [2.05, 4.69) is 37.4 Å². The summed E-state index contributed by atoms with van der Waals surface area (Å²) in [6, 6.07) is 2.16. The number of halogens is 1. The maximum absolute atomic E-state index is 9.47. The van der Waals surface area contributed by atoms with E-state index in [1.54, 1.807) is 9.12 Å². The van der Waals surface area contributed by atoms with Crippen LogP contribution in [0.25, 0.3) is 0 Å². The Hall–Kier alpha value is 0.320. The number of fused-ring (bicyclic) bond motifs is 1. The molecule has 2 rings (SSSR count). The molecule has 0 aromatic carbocycles. The van der Waals surface area contributed by atoms with Crippen LogP contribution in [0.2, 0.25) is 0 Å². The minimum Gasteiger partial charge on any atom is -0.393 e. The number of aromatic nitrogens is 1. The summed E-state index contributed by atoms with van der Waals surface area (Å²) < 4.78 is 2.14. The molecule has 1 aromatic rings. The molecule has 0 radical (unpaired) electrons. The first-order valence-electron chi connectivity index (χ1n) is 3.97. The first-order chi connectivity index (χ1) is 5.81. The van der Waals surface area contributed by atoms with Crippen molar-refractivity contribution in [2.24, 2.45) is 0 Å². The van der Waals surface area contributed by atoms with Gasteiger partial charge in [0.2, 0.25) is 0 Å². The molecule has 0 amide bonds. The summed E-state index contributed by atoms with van der Waals surface area (Å²) in [5, 5.41) is 9.47. The van der Waals surface area contributed by atoms with Gasteiger partial charge in [-0.2, -0.15) is 0 Å². The number of hydrogen-bond acceptors (Lipinski definition) is 2. The molecule has 0 fully saturated rings. The Kier molecular flexibility index (Phi) is 2.66. The molecule has 1 aliphatic carbocycles.